The number of nitrogens with zero attached hydrogens (tertiary/aromatic N) is 1. The van der Waals surface area contributed by atoms with Crippen LogP contribution in [0, 0.1) is 0 Å². The first-order valence-electron chi connectivity index (χ1n) is 9.45. The summed E-state index contributed by atoms with van der Waals surface area (Å²) in [7, 11) is 1.58. The van der Waals surface area contributed by atoms with E-state index in [1.165, 1.54) is 12.8 Å². The number of oxime groups is 1. The Morgan fingerprint density at radius 2 is 1.89 bits per heavy atom. The second-order valence-corrected chi connectivity index (χ2v) is 7.26. The maximum atomic E-state index is 13.0. The average molecular weight is 374 g/mol. The van der Waals surface area contributed by atoms with Gasteiger partial charge in [-0.3, -0.25) is 9.59 Å². The monoisotopic (exact) mass is 374 g/mol. The number of carbonyl (C=O) groups is 2. The molecule has 1 saturated carbocycles. The molecule has 1 unspecified atom stereocenters. The smallest absolute Gasteiger partial charge is 0.308 e. The molecule has 1 aromatic rings. The fraction of sp³-hybridized carbons (Fsp3) is 0.550. The first-order valence-corrected chi connectivity index (χ1v) is 9.45. The molecule has 0 bridgehead atoms. The van der Waals surface area contributed by atoms with E-state index in [0.29, 0.717) is 11.5 Å². The summed E-state index contributed by atoms with van der Waals surface area (Å²) in [6.07, 6.45) is 6.04. The van der Waals surface area contributed by atoms with E-state index in [9.17, 15) is 14.7 Å². The van der Waals surface area contributed by atoms with Gasteiger partial charge in [-0.2, -0.15) is 0 Å². The summed E-state index contributed by atoms with van der Waals surface area (Å²) in [6, 6.07) is 7.29. The number of benzene rings is 1. The normalized spacial score (nSPS) is 23.1. The Balaban J connectivity index is 1.73. The largest absolute Gasteiger partial charge is 0.497 e. The van der Waals surface area contributed by atoms with Crippen LogP contribution < -0.4 is 10.1 Å². The zero-order valence-corrected chi connectivity index (χ0v) is 15.6. The van der Waals surface area contributed by atoms with Crippen LogP contribution in [0.1, 0.15) is 56.9 Å². The molecular weight excluding hydrogens is 348 g/mol. The van der Waals surface area contributed by atoms with Gasteiger partial charge in [0, 0.05) is 12.5 Å². The van der Waals surface area contributed by atoms with Gasteiger partial charge in [-0.25, -0.2) is 0 Å². The molecule has 7 heteroatoms. The van der Waals surface area contributed by atoms with E-state index >= 15 is 0 Å². The molecule has 3 rings (SSSR count). The lowest BCUT2D eigenvalue weighted by atomic mass is 9.89. The van der Waals surface area contributed by atoms with Crippen molar-refractivity contribution >= 4 is 17.6 Å². The van der Waals surface area contributed by atoms with Crippen LogP contribution in [0.4, 0.5) is 0 Å². The maximum absolute atomic E-state index is 13.0. The molecule has 1 fully saturated rings. The standard InChI is InChI=1S/C20H26N2O5/c1-26-16-10-8-14(9-11-16)17-12-20(27-22-17,13-18(23)24)19(25)21-15-6-4-2-3-5-7-15/h8-11,15H,2-7,12-13H2,1H3,(H,21,25)(H,23,24). The zero-order valence-electron chi connectivity index (χ0n) is 15.6. The summed E-state index contributed by atoms with van der Waals surface area (Å²) in [6.45, 7) is 0. The molecule has 0 spiro atoms. The fourth-order valence-electron chi connectivity index (χ4n) is 3.70. The van der Waals surface area contributed by atoms with Gasteiger partial charge >= 0.3 is 5.97 Å². The number of hydrogen-bond acceptors (Lipinski definition) is 5. The third kappa shape index (κ3) is 4.59. The molecule has 1 atom stereocenters. The highest BCUT2D eigenvalue weighted by Gasteiger charge is 2.49. The first-order chi connectivity index (χ1) is 13.0. The van der Waals surface area contributed by atoms with Gasteiger partial charge in [0.2, 0.25) is 5.60 Å². The number of hydrogen-bond donors (Lipinski definition) is 2. The maximum Gasteiger partial charge on any atom is 0.308 e. The van der Waals surface area contributed by atoms with Crippen LogP contribution in [-0.4, -0.2) is 41.4 Å². The second-order valence-electron chi connectivity index (χ2n) is 7.26. The van der Waals surface area contributed by atoms with Gasteiger partial charge in [-0.15, -0.1) is 0 Å². The highest BCUT2D eigenvalue weighted by molar-refractivity contribution is 6.06. The van der Waals surface area contributed by atoms with E-state index in [1.807, 2.05) is 12.1 Å². The third-order valence-corrected chi connectivity index (χ3v) is 5.25. The molecule has 1 aliphatic carbocycles. The minimum Gasteiger partial charge on any atom is -0.497 e. The molecule has 0 saturated heterocycles. The van der Waals surface area contributed by atoms with Gasteiger partial charge < -0.3 is 20.0 Å². The molecular formula is C20H26N2O5. The fourth-order valence-corrected chi connectivity index (χ4v) is 3.70. The Morgan fingerprint density at radius 1 is 1.22 bits per heavy atom. The average Bonchev–Trinajstić information content (AvgIpc) is 2.91. The number of ether oxygens (including phenoxy) is 1. The minimum atomic E-state index is -1.49. The molecule has 0 radical (unpaired) electrons. The van der Waals surface area contributed by atoms with Crippen molar-refractivity contribution in [3.8, 4) is 5.75 Å². The molecule has 1 heterocycles. The Morgan fingerprint density at radius 3 is 2.48 bits per heavy atom. The van der Waals surface area contributed by atoms with Gasteiger partial charge in [-0.05, 0) is 42.7 Å². The van der Waals surface area contributed by atoms with Gasteiger partial charge in [0.15, 0.2) is 0 Å². The molecule has 2 aliphatic rings. The molecule has 1 amide bonds. The number of methoxy groups -OCH3 is 1. The quantitative estimate of drug-likeness (QED) is 0.746. The summed E-state index contributed by atoms with van der Waals surface area (Å²) in [5.41, 5.74) is -0.145. The molecule has 27 heavy (non-hydrogen) atoms. The zero-order chi connectivity index (χ0) is 19.3. The number of rotatable bonds is 6. The minimum absolute atomic E-state index is 0.0688. The lowest BCUT2D eigenvalue weighted by Gasteiger charge is -2.26. The molecule has 1 aromatic carbocycles. The van der Waals surface area contributed by atoms with E-state index in [0.717, 1.165) is 31.2 Å². The van der Waals surface area contributed by atoms with Crippen LogP contribution >= 0.6 is 0 Å². The predicted octanol–water partition coefficient (Wildman–Crippen LogP) is 2.87. The van der Waals surface area contributed by atoms with E-state index < -0.39 is 18.0 Å². The third-order valence-electron chi connectivity index (χ3n) is 5.25. The molecule has 146 valence electrons. The summed E-state index contributed by atoms with van der Waals surface area (Å²) < 4.78 is 5.15. The van der Waals surface area contributed by atoms with Crippen LogP contribution in [0.15, 0.2) is 29.4 Å². The van der Waals surface area contributed by atoms with Gasteiger partial charge in [-0.1, -0.05) is 30.8 Å². The number of carbonyl (C=O) groups excluding carboxylic acids is 1. The van der Waals surface area contributed by atoms with Crippen molar-refractivity contribution in [1.82, 2.24) is 5.32 Å². The number of amides is 1. The number of aliphatic carboxylic acids is 1. The summed E-state index contributed by atoms with van der Waals surface area (Å²) in [5, 5.41) is 16.4. The summed E-state index contributed by atoms with van der Waals surface area (Å²) in [5.74, 6) is -0.762. The Kier molecular flexibility index (Phi) is 5.98. The van der Waals surface area contributed by atoms with Crippen molar-refractivity contribution in [2.75, 3.05) is 7.11 Å². The lowest BCUT2D eigenvalue weighted by Crippen LogP contribution is -2.51. The second kappa shape index (κ2) is 8.41. The van der Waals surface area contributed by atoms with Crippen LogP contribution in [0.3, 0.4) is 0 Å². The van der Waals surface area contributed by atoms with Crippen molar-refractivity contribution < 1.29 is 24.3 Å². The van der Waals surface area contributed by atoms with Crippen molar-refractivity contribution in [3.05, 3.63) is 29.8 Å². The predicted molar refractivity (Wildman–Crippen MR) is 99.8 cm³/mol. The number of nitrogens with one attached hydrogen (secondary N) is 1. The summed E-state index contributed by atoms with van der Waals surface area (Å²) in [4.78, 5) is 29.9. The van der Waals surface area contributed by atoms with E-state index in [1.54, 1.807) is 19.2 Å². The van der Waals surface area contributed by atoms with Crippen molar-refractivity contribution in [3.63, 3.8) is 0 Å². The van der Waals surface area contributed by atoms with E-state index in [2.05, 4.69) is 10.5 Å². The molecule has 1 aliphatic heterocycles. The summed E-state index contributed by atoms with van der Waals surface area (Å²) >= 11 is 0. The van der Waals surface area contributed by atoms with Gasteiger partial charge in [0.25, 0.3) is 5.91 Å². The SMILES string of the molecule is COc1ccc(C2=NOC(CC(=O)O)(C(=O)NC3CCCCCC3)C2)cc1. The molecule has 0 aromatic heterocycles. The Bertz CT molecular complexity index is 708. The lowest BCUT2D eigenvalue weighted by molar-refractivity contribution is -0.156. The van der Waals surface area contributed by atoms with Crippen molar-refractivity contribution in [2.24, 2.45) is 5.16 Å². The van der Waals surface area contributed by atoms with E-state index in [4.69, 9.17) is 9.57 Å². The topological polar surface area (TPSA) is 97.2 Å². The van der Waals surface area contributed by atoms with Crippen molar-refractivity contribution in [2.45, 2.75) is 63.0 Å². The Hall–Kier alpha value is -2.57. The molecule has 2 N–H and O–H groups in total. The van der Waals surface area contributed by atoms with Gasteiger partial charge in [0.1, 0.15) is 5.75 Å². The molecule has 7 nitrogen and oxygen atoms in total. The highest BCUT2D eigenvalue weighted by atomic mass is 16.7. The van der Waals surface area contributed by atoms with Crippen LogP contribution in [0.5, 0.6) is 5.75 Å². The van der Waals surface area contributed by atoms with Crippen molar-refractivity contribution in [1.29, 1.82) is 0 Å². The van der Waals surface area contributed by atoms with E-state index in [-0.39, 0.29) is 18.4 Å². The highest BCUT2D eigenvalue weighted by Crippen LogP contribution is 2.32. The Labute approximate surface area is 158 Å². The number of carboxylic acids is 1. The van der Waals surface area contributed by atoms with Crippen LogP contribution in [-0.2, 0) is 14.4 Å². The van der Waals surface area contributed by atoms with Crippen LogP contribution in [0.25, 0.3) is 0 Å². The van der Waals surface area contributed by atoms with Gasteiger partial charge in [0.05, 0.1) is 19.2 Å². The number of carboxylic acid groups (broad SMARTS) is 1. The van der Waals surface area contributed by atoms with Crippen LogP contribution in [0.2, 0.25) is 0 Å². The first kappa shape index (κ1) is 19.2.